The number of hydrogen-bond donors (Lipinski definition) is 4. The van der Waals surface area contributed by atoms with Gasteiger partial charge in [-0.25, -0.2) is 19.6 Å². The van der Waals surface area contributed by atoms with Crippen LogP contribution >= 0.6 is 11.6 Å². The molecule has 1 unspecified atom stereocenters. The smallest absolute Gasteiger partial charge is 0.407 e. The minimum absolute atomic E-state index is 0.0378. The SMILES string of the molecule is COC(=O)N[C@H](C(=O)N1CC2(CC2)CC1c1nc(-c2ccc3c(c2)C(F)(F)c2cc(-c4ccc5nc([C@@H]6[C@H]7CC[C@H](C7)N6C(=O)[C@@H](NC(=O)OC)C(C)C)[nH]c5c4)ccc2-3)c(Cl)[nH]1)C(C)C. The zero-order valence-electron chi connectivity index (χ0n) is 37.6. The number of aromatic amines is 2. The highest BCUT2D eigenvalue weighted by Crippen LogP contribution is 2.59. The predicted octanol–water partition coefficient (Wildman–Crippen LogP) is 9.26. The Morgan fingerprint density at radius 3 is 2.03 bits per heavy atom. The molecule has 2 aliphatic heterocycles. The summed E-state index contributed by atoms with van der Waals surface area (Å²) in [6.45, 7) is 8.00. The fourth-order valence-corrected chi connectivity index (χ4v) is 11.3. The van der Waals surface area contributed by atoms with Crippen molar-refractivity contribution in [2.45, 2.75) is 102 Å². The first-order valence-electron chi connectivity index (χ1n) is 22.8. The summed E-state index contributed by atoms with van der Waals surface area (Å²) < 4.78 is 43.1. The van der Waals surface area contributed by atoms with Gasteiger partial charge in [0.2, 0.25) is 11.8 Å². The van der Waals surface area contributed by atoms with Gasteiger partial charge in [-0.15, -0.1) is 0 Å². The van der Waals surface area contributed by atoms with Crippen LogP contribution in [0.1, 0.15) is 101 Å². The summed E-state index contributed by atoms with van der Waals surface area (Å²) in [4.78, 5) is 72.6. The molecule has 5 aromatic rings. The maximum atomic E-state index is 16.7. The van der Waals surface area contributed by atoms with Gasteiger partial charge in [0.25, 0.3) is 5.92 Å². The molecule has 4 N–H and O–H groups in total. The molecule has 6 atom stereocenters. The van der Waals surface area contributed by atoms with Crippen LogP contribution < -0.4 is 10.6 Å². The Morgan fingerprint density at radius 2 is 1.39 bits per heavy atom. The molecule has 1 spiro atoms. The van der Waals surface area contributed by atoms with E-state index in [1.54, 1.807) is 29.2 Å². The number of methoxy groups -OCH3 is 2. The first kappa shape index (κ1) is 43.8. The van der Waals surface area contributed by atoms with Gasteiger partial charge in [-0.2, -0.15) is 8.78 Å². The van der Waals surface area contributed by atoms with Gasteiger partial charge in [-0.05, 0) is 108 Å². The number of alkyl carbamates (subject to hydrolysis) is 2. The summed E-state index contributed by atoms with van der Waals surface area (Å²) in [5.41, 5.74) is 4.00. The quantitative estimate of drug-likeness (QED) is 0.107. The highest BCUT2D eigenvalue weighted by molar-refractivity contribution is 6.32. The zero-order chi connectivity index (χ0) is 46.6. The molecule has 5 aliphatic rings. The van der Waals surface area contributed by atoms with Crippen LogP contribution in [-0.2, 0) is 25.0 Å². The second-order valence-electron chi connectivity index (χ2n) is 19.6. The van der Waals surface area contributed by atoms with Crippen molar-refractivity contribution in [3.8, 4) is 33.5 Å². The Bertz CT molecular complexity index is 2800. The van der Waals surface area contributed by atoms with Crippen molar-refractivity contribution < 1.29 is 37.4 Å². The standard InChI is InChI=1S/C49H53ClF2N8O6/c1-23(2)37(56-46(63)65-5)44(61)59-22-48(15-16-48)21-36(59)42-55-39(41(50)58-42)27-9-13-31-30-12-8-25(18-32(30)49(51,52)33(31)19-27)26-10-14-34-35(20-26)54-43(53-34)40-28-7-11-29(17-28)60(40)45(62)38(24(3)4)57-47(64)66-6/h8-10,12-14,18-20,23-24,28-29,36-38,40H,7,11,15-17,21-22H2,1-6H3,(H,53,54)(H,55,58)(H,56,63)(H,57,64)/t28-,29+,36?,37-,38-,40-/m0/s1. The van der Waals surface area contributed by atoms with Gasteiger partial charge >= 0.3 is 12.2 Å². The molecule has 3 aliphatic carbocycles. The molecule has 2 bridgehead atoms. The minimum atomic E-state index is -3.34. The fourth-order valence-electron chi connectivity index (χ4n) is 11.1. The number of nitrogens with zero attached hydrogens (tertiary/aromatic N) is 4. The van der Waals surface area contributed by atoms with E-state index < -0.39 is 36.2 Å². The van der Waals surface area contributed by atoms with Crippen LogP contribution in [0.5, 0.6) is 0 Å². The molecule has 3 aromatic carbocycles. The van der Waals surface area contributed by atoms with E-state index in [-0.39, 0.29) is 63.3 Å². The monoisotopic (exact) mass is 922 g/mol. The largest absolute Gasteiger partial charge is 0.453 e. The summed E-state index contributed by atoms with van der Waals surface area (Å²) in [7, 11) is 2.53. The molecular formula is C49H53ClF2N8O6. The van der Waals surface area contributed by atoms with E-state index in [0.717, 1.165) is 43.2 Å². The lowest BCUT2D eigenvalue weighted by Gasteiger charge is -2.37. The third-order valence-corrected chi connectivity index (χ3v) is 15.0. The number of ether oxygens (including phenoxy) is 2. The number of likely N-dealkylation sites (tertiary alicyclic amines) is 2. The summed E-state index contributed by atoms with van der Waals surface area (Å²) >= 11 is 6.81. The van der Waals surface area contributed by atoms with Gasteiger partial charge in [-0.3, -0.25) is 9.59 Å². The number of fused-ring (bicyclic) bond motifs is 6. The number of piperidine rings is 1. The van der Waals surface area contributed by atoms with E-state index in [1.165, 1.54) is 20.3 Å². The lowest BCUT2D eigenvalue weighted by Crippen LogP contribution is -2.54. The van der Waals surface area contributed by atoms with Crippen LogP contribution in [0.2, 0.25) is 5.15 Å². The Kier molecular flexibility index (Phi) is 10.7. The molecule has 17 heteroatoms. The highest BCUT2D eigenvalue weighted by atomic mass is 35.5. The summed E-state index contributed by atoms with van der Waals surface area (Å²) in [6, 6.07) is 13.3. The number of aromatic nitrogens is 4. The van der Waals surface area contributed by atoms with E-state index in [9.17, 15) is 19.2 Å². The van der Waals surface area contributed by atoms with Crippen molar-refractivity contribution in [1.82, 2.24) is 40.4 Å². The minimum Gasteiger partial charge on any atom is -0.453 e. The molecule has 0 radical (unpaired) electrons. The normalized spacial score (nSPS) is 22.8. The lowest BCUT2D eigenvalue weighted by molar-refractivity contribution is -0.139. The molecule has 10 rings (SSSR count). The number of carbonyl (C=O) groups excluding carboxylic acids is 4. The molecule has 346 valence electrons. The molecule has 2 aromatic heterocycles. The van der Waals surface area contributed by atoms with E-state index in [0.29, 0.717) is 58.1 Å². The van der Waals surface area contributed by atoms with Gasteiger partial charge in [0.15, 0.2) is 0 Å². The Balaban J connectivity index is 0.908. The van der Waals surface area contributed by atoms with Crippen molar-refractivity contribution >= 4 is 46.6 Å². The van der Waals surface area contributed by atoms with Crippen LogP contribution in [0.25, 0.3) is 44.5 Å². The van der Waals surface area contributed by atoms with Crippen LogP contribution in [0.15, 0.2) is 54.6 Å². The average molecular weight is 923 g/mol. The third kappa shape index (κ3) is 7.26. The van der Waals surface area contributed by atoms with Crippen LogP contribution in [0.4, 0.5) is 18.4 Å². The Hall–Kier alpha value is -6.03. The molecule has 66 heavy (non-hydrogen) atoms. The highest BCUT2D eigenvalue weighted by Gasteiger charge is 2.56. The van der Waals surface area contributed by atoms with Crippen LogP contribution in [-0.4, -0.2) is 92.6 Å². The van der Waals surface area contributed by atoms with Crippen LogP contribution in [0, 0.1) is 23.2 Å². The van der Waals surface area contributed by atoms with Crippen molar-refractivity contribution in [3.05, 3.63) is 82.5 Å². The van der Waals surface area contributed by atoms with Gasteiger partial charge < -0.3 is 39.9 Å². The van der Waals surface area contributed by atoms with Gasteiger partial charge in [0.05, 0.1) is 37.3 Å². The van der Waals surface area contributed by atoms with Gasteiger partial charge in [0.1, 0.15) is 34.6 Å². The number of H-pyrrole nitrogens is 2. The van der Waals surface area contributed by atoms with E-state index >= 15 is 8.78 Å². The van der Waals surface area contributed by atoms with E-state index in [1.807, 2.05) is 56.9 Å². The Labute approximate surface area is 385 Å². The summed E-state index contributed by atoms with van der Waals surface area (Å²) in [5, 5.41) is 5.59. The van der Waals surface area contributed by atoms with Crippen molar-refractivity contribution in [3.63, 3.8) is 0 Å². The molecule has 4 amide bonds. The first-order chi connectivity index (χ1) is 31.5. The van der Waals surface area contributed by atoms with Crippen molar-refractivity contribution in [2.24, 2.45) is 23.2 Å². The molecule has 14 nitrogen and oxygen atoms in total. The number of carbonyl (C=O) groups is 4. The predicted molar refractivity (Wildman–Crippen MR) is 242 cm³/mol. The number of halogens is 3. The topological polar surface area (TPSA) is 175 Å². The summed E-state index contributed by atoms with van der Waals surface area (Å²) in [5.74, 6) is -2.80. The second kappa shape index (κ2) is 16.1. The second-order valence-corrected chi connectivity index (χ2v) is 19.9. The molecule has 2 saturated heterocycles. The maximum absolute atomic E-state index is 16.7. The third-order valence-electron chi connectivity index (χ3n) is 14.8. The number of alkyl halides is 2. The maximum Gasteiger partial charge on any atom is 0.407 e. The van der Waals surface area contributed by atoms with Gasteiger partial charge in [-0.1, -0.05) is 69.6 Å². The number of amides is 4. The Morgan fingerprint density at radius 1 is 0.788 bits per heavy atom. The number of imidazole rings is 2. The van der Waals surface area contributed by atoms with Crippen LogP contribution in [0.3, 0.4) is 0 Å². The molecule has 2 saturated carbocycles. The summed E-state index contributed by atoms with van der Waals surface area (Å²) in [6.07, 6.45) is 3.94. The van der Waals surface area contributed by atoms with E-state index in [4.69, 9.17) is 31.0 Å². The molecule has 4 heterocycles. The molecular weight excluding hydrogens is 870 g/mol. The average Bonchev–Trinajstić information content (AvgIpc) is 3.91. The fraction of sp³-hybridized carbons (Fsp3) is 0.469. The number of hydrogen-bond acceptors (Lipinski definition) is 8. The van der Waals surface area contributed by atoms with E-state index in [2.05, 4.69) is 20.6 Å². The molecule has 4 fully saturated rings. The lowest BCUT2D eigenvalue weighted by atomic mass is 9.95. The zero-order valence-corrected chi connectivity index (χ0v) is 38.4. The number of nitrogens with one attached hydrogen (secondary N) is 4. The van der Waals surface area contributed by atoms with Gasteiger partial charge in [0, 0.05) is 29.3 Å². The van der Waals surface area contributed by atoms with Crippen molar-refractivity contribution in [1.29, 1.82) is 0 Å². The number of benzene rings is 3. The van der Waals surface area contributed by atoms with Crippen molar-refractivity contribution in [2.75, 3.05) is 20.8 Å². The number of rotatable bonds is 10. The first-order valence-corrected chi connectivity index (χ1v) is 23.1.